The Balaban J connectivity index is 1.66. The smallest absolute Gasteiger partial charge is 0.251 e. The summed E-state index contributed by atoms with van der Waals surface area (Å²) in [5, 5.41) is 13.2. The lowest BCUT2D eigenvalue weighted by molar-refractivity contribution is -0.113. The van der Waals surface area contributed by atoms with Gasteiger partial charge in [0.25, 0.3) is 5.56 Å². The number of rotatable bonds is 4. The molecule has 0 aliphatic heterocycles. The van der Waals surface area contributed by atoms with Crippen LogP contribution >= 0.6 is 23.1 Å². The Morgan fingerprint density at radius 1 is 1.57 bits per heavy atom. The zero-order valence-corrected chi connectivity index (χ0v) is 14.1. The van der Waals surface area contributed by atoms with Crippen molar-refractivity contribution >= 4 is 34.0 Å². The van der Waals surface area contributed by atoms with Gasteiger partial charge in [-0.05, 0) is 31.7 Å². The van der Waals surface area contributed by atoms with Gasteiger partial charge in [-0.2, -0.15) is 5.26 Å². The van der Waals surface area contributed by atoms with Crippen molar-refractivity contribution in [1.29, 1.82) is 5.26 Å². The SMILES string of the molecule is Cc1cc(=O)[nH]c(SCC(=O)Nc2sc3c(c2C#N)CCC3)n1. The van der Waals surface area contributed by atoms with Crippen molar-refractivity contribution in [2.45, 2.75) is 31.3 Å². The minimum atomic E-state index is -0.234. The first-order chi connectivity index (χ1) is 11.1. The van der Waals surface area contributed by atoms with Gasteiger partial charge in [-0.1, -0.05) is 11.8 Å². The number of hydrogen-bond acceptors (Lipinski definition) is 6. The highest BCUT2D eigenvalue weighted by Gasteiger charge is 2.23. The number of hydrogen-bond donors (Lipinski definition) is 2. The lowest BCUT2D eigenvalue weighted by Gasteiger charge is -2.04. The third-order valence-corrected chi connectivity index (χ3v) is 5.55. The molecule has 1 amide bonds. The maximum Gasteiger partial charge on any atom is 0.251 e. The third-order valence-electron chi connectivity index (χ3n) is 3.47. The molecule has 6 nitrogen and oxygen atoms in total. The molecule has 0 unspecified atom stereocenters. The number of carbonyl (C=O) groups excluding carboxylic acids is 1. The van der Waals surface area contributed by atoms with Gasteiger partial charge in [0.1, 0.15) is 11.1 Å². The monoisotopic (exact) mass is 346 g/mol. The summed E-state index contributed by atoms with van der Waals surface area (Å²) in [7, 11) is 0. The zero-order valence-electron chi connectivity index (χ0n) is 12.4. The highest BCUT2D eigenvalue weighted by molar-refractivity contribution is 7.99. The molecule has 1 aliphatic carbocycles. The lowest BCUT2D eigenvalue weighted by Crippen LogP contribution is -2.15. The summed E-state index contributed by atoms with van der Waals surface area (Å²) < 4.78 is 0. The average Bonchev–Trinajstić information content (AvgIpc) is 3.04. The second-order valence-electron chi connectivity index (χ2n) is 5.20. The van der Waals surface area contributed by atoms with Crippen LogP contribution in [0.15, 0.2) is 16.0 Å². The zero-order chi connectivity index (χ0) is 16.4. The molecule has 2 heterocycles. The molecule has 2 N–H and O–H groups in total. The molecular weight excluding hydrogens is 332 g/mol. The first-order valence-electron chi connectivity index (χ1n) is 7.12. The molecule has 0 atom stereocenters. The van der Waals surface area contributed by atoms with Crippen LogP contribution in [0.4, 0.5) is 5.00 Å². The highest BCUT2D eigenvalue weighted by Crippen LogP contribution is 2.38. The number of anilines is 1. The van der Waals surface area contributed by atoms with E-state index in [1.165, 1.54) is 22.3 Å². The van der Waals surface area contributed by atoms with Gasteiger partial charge in [0.2, 0.25) is 5.91 Å². The van der Waals surface area contributed by atoms with E-state index in [1.807, 2.05) is 0 Å². The van der Waals surface area contributed by atoms with E-state index < -0.39 is 0 Å². The van der Waals surface area contributed by atoms with Crippen LogP contribution in [0.25, 0.3) is 0 Å². The molecule has 1 aliphatic rings. The van der Waals surface area contributed by atoms with E-state index in [2.05, 4.69) is 21.4 Å². The summed E-state index contributed by atoms with van der Waals surface area (Å²) in [5.41, 5.74) is 2.06. The van der Waals surface area contributed by atoms with Crippen LogP contribution < -0.4 is 10.9 Å². The van der Waals surface area contributed by atoms with Gasteiger partial charge < -0.3 is 10.3 Å². The van der Waals surface area contributed by atoms with Crippen molar-refractivity contribution in [1.82, 2.24) is 9.97 Å². The van der Waals surface area contributed by atoms with Crippen LogP contribution in [0.2, 0.25) is 0 Å². The van der Waals surface area contributed by atoms with E-state index >= 15 is 0 Å². The van der Waals surface area contributed by atoms with Crippen molar-refractivity contribution in [2.75, 3.05) is 11.1 Å². The summed E-state index contributed by atoms with van der Waals surface area (Å²) in [6.45, 7) is 1.73. The van der Waals surface area contributed by atoms with Crippen LogP contribution in [-0.2, 0) is 17.6 Å². The largest absolute Gasteiger partial charge is 0.316 e. The first kappa shape index (κ1) is 15.8. The normalized spacial score (nSPS) is 12.7. The van der Waals surface area contributed by atoms with Gasteiger partial charge in [0.05, 0.1) is 11.3 Å². The molecule has 23 heavy (non-hydrogen) atoms. The molecule has 0 saturated heterocycles. The first-order valence-corrected chi connectivity index (χ1v) is 8.92. The number of aromatic amines is 1. The number of thioether (sulfide) groups is 1. The van der Waals surface area contributed by atoms with Crippen molar-refractivity contribution in [3.63, 3.8) is 0 Å². The number of aromatic nitrogens is 2. The fourth-order valence-corrected chi connectivity index (χ4v) is 4.50. The van der Waals surface area contributed by atoms with Crippen LogP contribution in [0, 0.1) is 18.3 Å². The predicted octanol–water partition coefficient (Wildman–Crippen LogP) is 2.23. The van der Waals surface area contributed by atoms with Crippen molar-refractivity contribution < 1.29 is 4.79 Å². The number of H-pyrrole nitrogens is 1. The molecule has 0 spiro atoms. The van der Waals surface area contributed by atoms with Gasteiger partial charge in [-0.3, -0.25) is 9.59 Å². The Labute approximate surface area is 141 Å². The van der Waals surface area contributed by atoms with Crippen LogP contribution in [0.1, 0.15) is 28.1 Å². The number of nitriles is 1. The van der Waals surface area contributed by atoms with Gasteiger partial charge in [0.15, 0.2) is 5.16 Å². The predicted molar refractivity (Wildman–Crippen MR) is 90.0 cm³/mol. The Morgan fingerprint density at radius 2 is 2.39 bits per heavy atom. The van der Waals surface area contributed by atoms with E-state index in [9.17, 15) is 14.9 Å². The van der Waals surface area contributed by atoms with Crippen LogP contribution in [0.3, 0.4) is 0 Å². The lowest BCUT2D eigenvalue weighted by atomic mass is 10.1. The quantitative estimate of drug-likeness (QED) is 0.653. The number of nitrogens with zero attached hydrogens (tertiary/aromatic N) is 2. The molecule has 3 rings (SSSR count). The molecule has 0 fully saturated rings. The Hall–Kier alpha value is -2.11. The molecule has 0 aromatic carbocycles. The van der Waals surface area contributed by atoms with Gasteiger partial charge in [0, 0.05) is 16.6 Å². The van der Waals surface area contributed by atoms with Gasteiger partial charge >= 0.3 is 0 Å². The van der Waals surface area contributed by atoms with E-state index in [0.29, 0.717) is 21.4 Å². The Morgan fingerprint density at radius 3 is 3.13 bits per heavy atom. The molecule has 8 heteroatoms. The number of thiophene rings is 1. The van der Waals surface area contributed by atoms with Crippen molar-refractivity contribution in [2.24, 2.45) is 0 Å². The molecule has 2 aromatic rings. The molecular formula is C15H14N4O2S2. The van der Waals surface area contributed by atoms with E-state index in [4.69, 9.17) is 0 Å². The second kappa shape index (κ2) is 6.56. The van der Waals surface area contributed by atoms with E-state index in [-0.39, 0.29) is 17.2 Å². The Bertz CT molecular complexity index is 863. The van der Waals surface area contributed by atoms with Crippen LogP contribution in [-0.4, -0.2) is 21.6 Å². The molecule has 118 valence electrons. The standard InChI is InChI=1S/C15H14N4O2S2/c1-8-5-12(20)19-15(17-8)22-7-13(21)18-14-10(6-16)9-3-2-4-11(9)23-14/h5H,2-4,7H2,1H3,(H,18,21)(H,17,19,20). The van der Waals surface area contributed by atoms with Gasteiger partial charge in [-0.15, -0.1) is 11.3 Å². The molecule has 0 bridgehead atoms. The van der Waals surface area contributed by atoms with Gasteiger partial charge in [-0.25, -0.2) is 4.98 Å². The number of aryl methyl sites for hydroxylation is 2. The summed E-state index contributed by atoms with van der Waals surface area (Å²) >= 11 is 2.65. The number of nitrogens with one attached hydrogen (secondary N) is 2. The van der Waals surface area contributed by atoms with Crippen LogP contribution in [0.5, 0.6) is 0 Å². The third kappa shape index (κ3) is 3.46. The Kier molecular flexibility index (Phi) is 4.50. The summed E-state index contributed by atoms with van der Waals surface area (Å²) in [4.78, 5) is 31.4. The van der Waals surface area contributed by atoms with E-state index in [0.717, 1.165) is 36.6 Å². The maximum absolute atomic E-state index is 12.1. The topological polar surface area (TPSA) is 98.6 Å². The second-order valence-corrected chi connectivity index (χ2v) is 7.27. The minimum Gasteiger partial charge on any atom is -0.316 e. The minimum absolute atomic E-state index is 0.125. The summed E-state index contributed by atoms with van der Waals surface area (Å²) in [5.74, 6) is -0.0876. The summed E-state index contributed by atoms with van der Waals surface area (Å²) in [6.07, 6.45) is 2.97. The number of amides is 1. The molecule has 0 radical (unpaired) electrons. The molecule has 2 aromatic heterocycles. The number of carbonyl (C=O) groups is 1. The van der Waals surface area contributed by atoms with Crippen molar-refractivity contribution in [3.05, 3.63) is 38.1 Å². The van der Waals surface area contributed by atoms with Crippen molar-refractivity contribution in [3.8, 4) is 6.07 Å². The maximum atomic E-state index is 12.1. The fraction of sp³-hybridized carbons (Fsp3) is 0.333. The van der Waals surface area contributed by atoms with E-state index in [1.54, 1.807) is 6.92 Å². The summed E-state index contributed by atoms with van der Waals surface area (Å²) in [6, 6.07) is 3.60. The molecule has 0 saturated carbocycles. The number of fused-ring (bicyclic) bond motifs is 1. The fourth-order valence-electron chi connectivity index (χ4n) is 2.53. The average molecular weight is 346 g/mol. The highest BCUT2D eigenvalue weighted by atomic mass is 32.2.